The summed E-state index contributed by atoms with van der Waals surface area (Å²) in [6.07, 6.45) is 0. The third-order valence-electron chi connectivity index (χ3n) is 2.82. The SMILES string of the molecule is Cc1ccc(NC(=O)N2CCN(Cl)CC2)cc1. The third kappa shape index (κ3) is 3.35. The fourth-order valence-corrected chi connectivity index (χ4v) is 1.88. The summed E-state index contributed by atoms with van der Waals surface area (Å²) in [5.74, 6) is 0. The molecule has 0 radical (unpaired) electrons. The predicted octanol–water partition coefficient (Wildman–Crippen LogP) is 2.30. The molecule has 0 spiro atoms. The van der Waals surface area contributed by atoms with Crippen molar-refractivity contribution in [2.24, 2.45) is 0 Å². The maximum absolute atomic E-state index is 11.9. The van der Waals surface area contributed by atoms with Crippen molar-refractivity contribution in [3.05, 3.63) is 29.8 Å². The molecule has 2 amide bonds. The Bertz CT molecular complexity index is 385. The first-order valence-corrected chi connectivity index (χ1v) is 6.02. The minimum absolute atomic E-state index is 0.0568. The quantitative estimate of drug-likeness (QED) is 0.780. The minimum Gasteiger partial charge on any atom is -0.322 e. The Kier molecular flexibility index (Phi) is 3.86. The Hall–Kier alpha value is -1.26. The lowest BCUT2D eigenvalue weighted by Gasteiger charge is -2.30. The van der Waals surface area contributed by atoms with Crippen molar-refractivity contribution in [2.45, 2.75) is 6.92 Å². The van der Waals surface area contributed by atoms with Gasteiger partial charge in [0.2, 0.25) is 0 Å². The van der Waals surface area contributed by atoms with Gasteiger partial charge in [-0.2, -0.15) is 0 Å². The van der Waals surface area contributed by atoms with Crippen molar-refractivity contribution in [3.63, 3.8) is 0 Å². The summed E-state index contributed by atoms with van der Waals surface area (Å²) in [6.45, 7) is 4.78. The van der Waals surface area contributed by atoms with Crippen LogP contribution in [0.15, 0.2) is 24.3 Å². The number of hydrogen-bond acceptors (Lipinski definition) is 2. The summed E-state index contributed by atoms with van der Waals surface area (Å²) in [7, 11) is 0. The molecule has 1 N–H and O–H groups in total. The summed E-state index contributed by atoms with van der Waals surface area (Å²) in [4.78, 5) is 13.7. The number of halogens is 1. The Morgan fingerprint density at radius 3 is 2.35 bits per heavy atom. The monoisotopic (exact) mass is 253 g/mol. The molecule has 1 saturated heterocycles. The fourth-order valence-electron chi connectivity index (χ4n) is 1.72. The van der Waals surface area contributed by atoms with E-state index in [1.807, 2.05) is 31.2 Å². The lowest BCUT2D eigenvalue weighted by molar-refractivity contribution is 0.186. The number of anilines is 1. The van der Waals surface area contributed by atoms with Gasteiger partial charge in [-0.05, 0) is 30.8 Å². The van der Waals surface area contributed by atoms with Crippen molar-refractivity contribution in [1.82, 2.24) is 9.32 Å². The molecule has 4 nitrogen and oxygen atoms in total. The highest BCUT2D eigenvalue weighted by Gasteiger charge is 2.19. The molecular weight excluding hydrogens is 238 g/mol. The maximum atomic E-state index is 11.9. The first kappa shape index (κ1) is 12.2. The van der Waals surface area contributed by atoms with Gasteiger partial charge >= 0.3 is 6.03 Å². The molecule has 1 aliphatic rings. The van der Waals surface area contributed by atoms with Crippen LogP contribution in [-0.2, 0) is 0 Å². The lowest BCUT2D eigenvalue weighted by Crippen LogP contribution is -2.47. The van der Waals surface area contributed by atoms with Crippen LogP contribution >= 0.6 is 11.8 Å². The molecule has 0 saturated carbocycles. The van der Waals surface area contributed by atoms with Gasteiger partial charge < -0.3 is 10.2 Å². The number of rotatable bonds is 1. The molecule has 1 fully saturated rings. The summed E-state index contributed by atoms with van der Waals surface area (Å²) in [5, 5.41) is 2.88. The molecule has 0 aromatic heterocycles. The van der Waals surface area contributed by atoms with Crippen LogP contribution in [0.3, 0.4) is 0 Å². The second-order valence-corrected chi connectivity index (χ2v) is 4.67. The Balaban J connectivity index is 1.90. The van der Waals surface area contributed by atoms with Gasteiger partial charge in [0.15, 0.2) is 0 Å². The average molecular weight is 254 g/mol. The largest absolute Gasteiger partial charge is 0.322 e. The van der Waals surface area contributed by atoms with Crippen molar-refractivity contribution >= 4 is 23.5 Å². The fraction of sp³-hybridized carbons (Fsp3) is 0.417. The molecule has 0 atom stereocenters. The topological polar surface area (TPSA) is 35.6 Å². The van der Waals surface area contributed by atoms with Crippen LogP contribution in [0.4, 0.5) is 10.5 Å². The van der Waals surface area contributed by atoms with Crippen LogP contribution in [0.5, 0.6) is 0 Å². The van der Waals surface area contributed by atoms with Gasteiger partial charge in [0.05, 0.1) is 0 Å². The standard InChI is InChI=1S/C12H16ClN3O/c1-10-2-4-11(5-3-10)14-12(17)15-6-8-16(13)9-7-15/h2-5H,6-9H2,1H3,(H,14,17). The highest BCUT2D eigenvalue weighted by Crippen LogP contribution is 2.11. The van der Waals surface area contributed by atoms with Crippen LogP contribution in [0.1, 0.15) is 5.56 Å². The van der Waals surface area contributed by atoms with Crippen LogP contribution in [0.25, 0.3) is 0 Å². The van der Waals surface area contributed by atoms with Crippen molar-refractivity contribution in [2.75, 3.05) is 31.5 Å². The Morgan fingerprint density at radius 1 is 1.18 bits per heavy atom. The molecule has 0 unspecified atom stereocenters. The summed E-state index contributed by atoms with van der Waals surface area (Å²) < 4.78 is 1.70. The Morgan fingerprint density at radius 2 is 1.76 bits per heavy atom. The van der Waals surface area contributed by atoms with Gasteiger partial charge in [0, 0.05) is 31.9 Å². The minimum atomic E-state index is -0.0568. The van der Waals surface area contributed by atoms with Crippen molar-refractivity contribution < 1.29 is 4.79 Å². The van der Waals surface area contributed by atoms with Gasteiger partial charge in [-0.25, -0.2) is 9.21 Å². The molecular formula is C12H16ClN3O. The summed E-state index contributed by atoms with van der Waals surface area (Å²) in [6, 6.07) is 7.72. The first-order valence-electron chi connectivity index (χ1n) is 5.68. The first-order chi connectivity index (χ1) is 8.15. The molecule has 1 aliphatic heterocycles. The highest BCUT2D eigenvalue weighted by molar-refractivity contribution is 6.13. The molecule has 92 valence electrons. The number of carbonyl (C=O) groups excluding carboxylic acids is 1. The molecule has 5 heteroatoms. The number of nitrogens with one attached hydrogen (secondary N) is 1. The van der Waals surface area contributed by atoms with Gasteiger partial charge in [-0.15, -0.1) is 0 Å². The summed E-state index contributed by atoms with van der Waals surface area (Å²) >= 11 is 5.84. The second-order valence-electron chi connectivity index (χ2n) is 4.19. The van der Waals surface area contributed by atoms with E-state index in [2.05, 4.69) is 5.32 Å². The van der Waals surface area contributed by atoms with Crippen LogP contribution in [0, 0.1) is 6.92 Å². The van der Waals surface area contributed by atoms with E-state index in [0.29, 0.717) is 26.2 Å². The van der Waals surface area contributed by atoms with Gasteiger partial charge in [-0.1, -0.05) is 17.7 Å². The zero-order valence-electron chi connectivity index (χ0n) is 9.82. The highest BCUT2D eigenvalue weighted by atomic mass is 35.5. The number of hydrogen-bond donors (Lipinski definition) is 1. The van der Waals surface area contributed by atoms with E-state index >= 15 is 0 Å². The van der Waals surface area contributed by atoms with E-state index in [1.165, 1.54) is 5.56 Å². The zero-order valence-corrected chi connectivity index (χ0v) is 10.6. The molecule has 0 bridgehead atoms. The molecule has 1 heterocycles. The van der Waals surface area contributed by atoms with Crippen LogP contribution in [0.2, 0.25) is 0 Å². The van der Waals surface area contributed by atoms with Gasteiger partial charge in [0.25, 0.3) is 0 Å². The van der Waals surface area contributed by atoms with E-state index in [0.717, 1.165) is 5.69 Å². The molecule has 0 aliphatic carbocycles. The number of urea groups is 1. The molecule has 1 aromatic carbocycles. The smallest absolute Gasteiger partial charge is 0.321 e. The van der Waals surface area contributed by atoms with E-state index in [9.17, 15) is 4.79 Å². The number of aryl methyl sites for hydroxylation is 1. The number of benzene rings is 1. The van der Waals surface area contributed by atoms with E-state index < -0.39 is 0 Å². The Labute approximate surface area is 106 Å². The average Bonchev–Trinajstić information content (AvgIpc) is 2.33. The number of amides is 2. The zero-order chi connectivity index (χ0) is 12.3. The lowest BCUT2D eigenvalue weighted by atomic mass is 10.2. The molecule has 2 rings (SSSR count). The van der Waals surface area contributed by atoms with Gasteiger partial charge in [0.1, 0.15) is 0 Å². The predicted molar refractivity (Wildman–Crippen MR) is 69.2 cm³/mol. The van der Waals surface area contributed by atoms with Gasteiger partial charge in [-0.3, -0.25) is 0 Å². The normalized spacial score (nSPS) is 16.9. The number of piperazine rings is 1. The molecule has 17 heavy (non-hydrogen) atoms. The van der Waals surface area contributed by atoms with E-state index in [1.54, 1.807) is 9.32 Å². The van der Waals surface area contributed by atoms with E-state index in [-0.39, 0.29) is 6.03 Å². The third-order valence-corrected chi connectivity index (χ3v) is 3.15. The summed E-state index contributed by atoms with van der Waals surface area (Å²) in [5.41, 5.74) is 2.01. The van der Waals surface area contributed by atoms with E-state index in [4.69, 9.17) is 11.8 Å². The van der Waals surface area contributed by atoms with Crippen molar-refractivity contribution in [1.29, 1.82) is 0 Å². The second kappa shape index (κ2) is 5.38. The maximum Gasteiger partial charge on any atom is 0.321 e. The van der Waals surface area contributed by atoms with Crippen molar-refractivity contribution in [3.8, 4) is 0 Å². The number of carbonyl (C=O) groups is 1. The molecule has 1 aromatic rings. The van der Waals surface area contributed by atoms with Crippen LogP contribution < -0.4 is 5.32 Å². The van der Waals surface area contributed by atoms with Crippen LogP contribution in [-0.4, -0.2) is 41.5 Å². The number of nitrogens with zero attached hydrogens (tertiary/aromatic N) is 2.